The molecular weight excluding hydrogens is 334 g/mol. The van der Waals surface area contributed by atoms with E-state index in [1.807, 2.05) is 0 Å². The Morgan fingerprint density at radius 3 is 2.62 bits per heavy atom. The van der Waals surface area contributed by atoms with Crippen LogP contribution in [0.4, 0.5) is 5.69 Å². The molecule has 0 N–H and O–H groups in total. The topological polar surface area (TPSA) is 94.3 Å². The standard InChI is InChI=1S/C17H16ClNO5/c18-10-5-6-12(13(8-10)19(23)24)17(22)15-14(20)7-9-3-1-2-4-11(9)16(15)21/h5-6,8-9,11,15H,1-4,7H2. The first-order chi connectivity index (χ1) is 11.4. The summed E-state index contributed by atoms with van der Waals surface area (Å²) in [6.45, 7) is 0. The Bertz CT molecular complexity index is 744. The smallest absolute Gasteiger partial charge is 0.281 e. The molecule has 2 aliphatic carbocycles. The van der Waals surface area contributed by atoms with E-state index in [0.29, 0.717) is 6.42 Å². The highest BCUT2D eigenvalue weighted by atomic mass is 35.5. The second-order valence-corrected chi connectivity index (χ2v) is 6.88. The summed E-state index contributed by atoms with van der Waals surface area (Å²) in [5, 5.41) is 11.3. The lowest BCUT2D eigenvalue weighted by molar-refractivity contribution is -0.385. The maximum Gasteiger partial charge on any atom is 0.281 e. The zero-order valence-electron chi connectivity index (χ0n) is 12.9. The van der Waals surface area contributed by atoms with Crippen molar-refractivity contribution in [1.82, 2.24) is 0 Å². The summed E-state index contributed by atoms with van der Waals surface area (Å²) >= 11 is 5.75. The number of fused-ring (bicyclic) bond motifs is 1. The molecule has 6 nitrogen and oxygen atoms in total. The molecule has 3 atom stereocenters. The summed E-state index contributed by atoms with van der Waals surface area (Å²) in [7, 11) is 0. The van der Waals surface area contributed by atoms with Crippen LogP contribution in [0.2, 0.25) is 5.02 Å². The third-order valence-electron chi connectivity index (χ3n) is 5.03. The van der Waals surface area contributed by atoms with Crippen LogP contribution in [0, 0.1) is 27.9 Å². The van der Waals surface area contributed by atoms with Crippen LogP contribution in [0.25, 0.3) is 0 Å². The lowest BCUT2D eigenvalue weighted by Crippen LogP contribution is -2.46. The van der Waals surface area contributed by atoms with E-state index >= 15 is 0 Å². The summed E-state index contributed by atoms with van der Waals surface area (Å²) in [4.78, 5) is 48.3. The molecule has 0 radical (unpaired) electrons. The number of carbonyl (C=O) groups is 3. The first kappa shape index (κ1) is 16.8. The summed E-state index contributed by atoms with van der Waals surface area (Å²) in [6, 6.07) is 3.63. The molecule has 0 saturated heterocycles. The number of Topliss-reactive ketones (excluding diaryl/α,β-unsaturated/α-hetero) is 3. The maximum atomic E-state index is 12.7. The Kier molecular flexibility index (Phi) is 4.49. The molecule has 2 aliphatic rings. The number of benzene rings is 1. The second kappa shape index (κ2) is 6.43. The van der Waals surface area contributed by atoms with Crippen molar-refractivity contribution in [2.24, 2.45) is 17.8 Å². The first-order valence-corrected chi connectivity index (χ1v) is 8.32. The average Bonchev–Trinajstić information content (AvgIpc) is 2.54. The lowest BCUT2D eigenvalue weighted by atomic mass is 9.65. The van der Waals surface area contributed by atoms with Gasteiger partial charge in [-0.05, 0) is 30.9 Å². The van der Waals surface area contributed by atoms with E-state index in [1.54, 1.807) is 0 Å². The van der Waals surface area contributed by atoms with Crippen molar-refractivity contribution in [3.63, 3.8) is 0 Å². The van der Waals surface area contributed by atoms with Gasteiger partial charge in [0.05, 0.1) is 10.5 Å². The number of nitro groups is 1. The summed E-state index contributed by atoms with van der Waals surface area (Å²) in [5.41, 5.74) is -0.704. The van der Waals surface area contributed by atoms with Crippen LogP contribution < -0.4 is 0 Å². The fraction of sp³-hybridized carbons (Fsp3) is 0.471. The van der Waals surface area contributed by atoms with Crippen LogP contribution >= 0.6 is 11.6 Å². The van der Waals surface area contributed by atoms with Crippen LogP contribution in [0.3, 0.4) is 0 Å². The SMILES string of the molecule is O=C1CC2CCCCC2C(=O)C1C(=O)c1ccc(Cl)cc1[N+](=O)[O-]. The zero-order valence-corrected chi connectivity index (χ0v) is 13.6. The average molecular weight is 350 g/mol. The Balaban J connectivity index is 1.96. The molecule has 126 valence electrons. The van der Waals surface area contributed by atoms with E-state index in [4.69, 9.17) is 11.6 Å². The predicted molar refractivity (Wildman–Crippen MR) is 86.0 cm³/mol. The molecule has 1 aromatic rings. The molecule has 0 spiro atoms. The van der Waals surface area contributed by atoms with E-state index in [1.165, 1.54) is 12.1 Å². The fourth-order valence-corrected chi connectivity index (χ4v) is 4.04. The van der Waals surface area contributed by atoms with Gasteiger partial charge in [0.1, 0.15) is 5.92 Å². The minimum Gasteiger partial charge on any atom is -0.298 e. The van der Waals surface area contributed by atoms with Gasteiger partial charge in [-0.1, -0.05) is 24.4 Å². The quantitative estimate of drug-likeness (QED) is 0.361. The van der Waals surface area contributed by atoms with Gasteiger partial charge in [0.15, 0.2) is 17.3 Å². The van der Waals surface area contributed by atoms with Crippen molar-refractivity contribution in [3.05, 3.63) is 38.9 Å². The van der Waals surface area contributed by atoms with Gasteiger partial charge in [0.25, 0.3) is 5.69 Å². The second-order valence-electron chi connectivity index (χ2n) is 6.44. The van der Waals surface area contributed by atoms with Crippen molar-refractivity contribution in [2.45, 2.75) is 32.1 Å². The molecule has 0 amide bonds. The van der Waals surface area contributed by atoms with E-state index in [9.17, 15) is 24.5 Å². The van der Waals surface area contributed by atoms with E-state index in [0.717, 1.165) is 25.3 Å². The van der Waals surface area contributed by atoms with E-state index in [-0.39, 0.29) is 34.6 Å². The number of rotatable bonds is 3. The van der Waals surface area contributed by atoms with Crippen molar-refractivity contribution in [3.8, 4) is 0 Å². The van der Waals surface area contributed by atoms with Gasteiger partial charge in [0, 0.05) is 23.4 Å². The molecule has 24 heavy (non-hydrogen) atoms. The normalized spacial score (nSPS) is 26.8. The van der Waals surface area contributed by atoms with Crippen molar-refractivity contribution >= 4 is 34.6 Å². The van der Waals surface area contributed by atoms with Gasteiger partial charge in [0.2, 0.25) is 0 Å². The largest absolute Gasteiger partial charge is 0.298 e. The number of ketones is 3. The van der Waals surface area contributed by atoms with Crippen molar-refractivity contribution in [2.75, 3.05) is 0 Å². The van der Waals surface area contributed by atoms with Crippen LogP contribution in [-0.2, 0) is 9.59 Å². The summed E-state index contributed by atoms with van der Waals surface area (Å²) < 4.78 is 0. The molecule has 0 aromatic heterocycles. The molecule has 3 rings (SSSR count). The third-order valence-corrected chi connectivity index (χ3v) is 5.26. The molecule has 1 aromatic carbocycles. The van der Waals surface area contributed by atoms with E-state index in [2.05, 4.69) is 0 Å². The highest BCUT2D eigenvalue weighted by Crippen LogP contribution is 2.40. The lowest BCUT2D eigenvalue weighted by Gasteiger charge is -2.36. The van der Waals surface area contributed by atoms with Crippen LogP contribution in [-0.4, -0.2) is 22.3 Å². The number of carbonyl (C=O) groups excluding carboxylic acids is 3. The highest BCUT2D eigenvalue weighted by molar-refractivity contribution is 6.31. The first-order valence-electron chi connectivity index (χ1n) is 7.94. The Morgan fingerprint density at radius 2 is 1.92 bits per heavy atom. The van der Waals surface area contributed by atoms with Gasteiger partial charge in [-0.25, -0.2) is 0 Å². The summed E-state index contributed by atoms with van der Waals surface area (Å²) in [5.74, 6) is -3.25. The van der Waals surface area contributed by atoms with Gasteiger partial charge >= 0.3 is 0 Å². The number of hydrogen-bond donors (Lipinski definition) is 0. The van der Waals surface area contributed by atoms with Gasteiger partial charge < -0.3 is 0 Å². The molecule has 7 heteroatoms. The van der Waals surface area contributed by atoms with Crippen molar-refractivity contribution < 1.29 is 19.3 Å². The maximum absolute atomic E-state index is 12.7. The number of nitro benzene ring substituents is 1. The molecule has 0 heterocycles. The van der Waals surface area contributed by atoms with Crippen molar-refractivity contribution in [1.29, 1.82) is 0 Å². The Hall–Kier alpha value is -2.08. The molecule has 2 saturated carbocycles. The highest BCUT2D eigenvalue weighted by Gasteiger charge is 2.48. The molecule has 0 bridgehead atoms. The zero-order chi connectivity index (χ0) is 17.4. The minimum atomic E-state index is -1.41. The van der Waals surface area contributed by atoms with Crippen LogP contribution in [0.5, 0.6) is 0 Å². The van der Waals surface area contributed by atoms with Gasteiger partial charge in [-0.3, -0.25) is 24.5 Å². The van der Waals surface area contributed by atoms with Gasteiger partial charge in [-0.2, -0.15) is 0 Å². The fourth-order valence-electron chi connectivity index (χ4n) is 3.87. The molecular formula is C17H16ClNO5. The minimum absolute atomic E-state index is 0.0167. The van der Waals surface area contributed by atoms with Crippen LogP contribution in [0.1, 0.15) is 42.5 Å². The van der Waals surface area contributed by atoms with Crippen LogP contribution in [0.15, 0.2) is 18.2 Å². The number of halogens is 1. The molecule has 2 fully saturated rings. The Morgan fingerprint density at radius 1 is 1.21 bits per heavy atom. The molecule has 0 aliphatic heterocycles. The van der Waals surface area contributed by atoms with E-state index < -0.39 is 28.1 Å². The third kappa shape index (κ3) is 2.86. The number of nitrogens with zero attached hydrogens (tertiary/aromatic N) is 1. The summed E-state index contributed by atoms with van der Waals surface area (Å²) in [6.07, 6.45) is 3.60. The Labute approximate surface area is 143 Å². The monoisotopic (exact) mass is 349 g/mol. The van der Waals surface area contributed by atoms with Gasteiger partial charge in [-0.15, -0.1) is 0 Å². The predicted octanol–water partition coefficient (Wildman–Crippen LogP) is 3.40. The molecule has 3 unspecified atom stereocenters. The number of hydrogen-bond acceptors (Lipinski definition) is 5.